The second-order valence-corrected chi connectivity index (χ2v) is 6.48. The average molecular weight is 384 g/mol. The summed E-state index contributed by atoms with van der Waals surface area (Å²) in [5.74, 6) is -1.73. The van der Waals surface area contributed by atoms with Gasteiger partial charge in [-0.2, -0.15) is 0 Å². The molecule has 3 rings (SSSR count). The first-order valence-corrected chi connectivity index (χ1v) is 9.05. The van der Waals surface area contributed by atoms with Gasteiger partial charge in [-0.15, -0.1) is 0 Å². The van der Waals surface area contributed by atoms with Crippen molar-refractivity contribution in [3.8, 4) is 0 Å². The van der Waals surface area contributed by atoms with E-state index in [0.717, 1.165) is 5.56 Å². The molecule has 1 aromatic heterocycles. The Morgan fingerprint density at radius 2 is 1.89 bits per heavy atom. The first kappa shape index (κ1) is 19.5. The van der Waals surface area contributed by atoms with E-state index in [-0.39, 0.29) is 24.8 Å². The number of nitrogens with one attached hydrogen (secondary N) is 1. The molecule has 0 saturated carbocycles. The van der Waals surface area contributed by atoms with Gasteiger partial charge in [-0.05, 0) is 36.2 Å². The van der Waals surface area contributed by atoms with Crippen LogP contribution in [0.1, 0.15) is 18.9 Å². The maximum atomic E-state index is 13.0. The van der Waals surface area contributed by atoms with Crippen LogP contribution in [0.15, 0.2) is 48.7 Å². The number of nitrogens with zero attached hydrogens (tertiary/aromatic N) is 3. The Balaban J connectivity index is 1.66. The van der Waals surface area contributed by atoms with Gasteiger partial charge in [-0.1, -0.05) is 25.1 Å². The molecule has 28 heavy (non-hydrogen) atoms. The highest BCUT2D eigenvalue weighted by Crippen LogP contribution is 2.16. The quantitative estimate of drug-likeness (QED) is 0.770. The van der Waals surface area contributed by atoms with E-state index in [1.807, 2.05) is 0 Å². The van der Waals surface area contributed by atoms with E-state index in [2.05, 4.69) is 10.3 Å². The number of hydrogen-bond acceptors (Lipinski definition) is 4. The molecule has 0 bridgehead atoms. The molecular formula is C20H21FN4O3. The highest BCUT2D eigenvalue weighted by molar-refractivity contribution is 6.35. The largest absolute Gasteiger partial charge is 0.328 e. The molecule has 1 aliphatic heterocycles. The topological polar surface area (TPSA) is 82.6 Å². The maximum absolute atomic E-state index is 13.0. The molecule has 1 aromatic carbocycles. The Bertz CT molecular complexity index is 858. The third-order valence-electron chi connectivity index (χ3n) is 4.61. The Labute approximate surface area is 162 Å². The third-order valence-corrected chi connectivity index (χ3v) is 4.61. The summed E-state index contributed by atoms with van der Waals surface area (Å²) in [6, 6.07) is 10.1. The van der Waals surface area contributed by atoms with Crippen molar-refractivity contribution in [2.24, 2.45) is 0 Å². The highest BCUT2D eigenvalue weighted by atomic mass is 19.1. The van der Waals surface area contributed by atoms with Gasteiger partial charge in [0.05, 0.1) is 0 Å². The van der Waals surface area contributed by atoms with Gasteiger partial charge in [-0.3, -0.25) is 14.4 Å². The molecule has 1 atom stereocenters. The number of pyridine rings is 1. The van der Waals surface area contributed by atoms with Crippen LogP contribution in [0.2, 0.25) is 0 Å². The van der Waals surface area contributed by atoms with Crippen molar-refractivity contribution >= 4 is 23.5 Å². The number of anilines is 1. The summed E-state index contributed by atoms with van der Waals surface area (Å²) in [7, 11) is 0. The average Bonchev–Trinajstić information content (AvgIpc) is 2.70. The minimum Gasteiger partial charge on any atom is -0.328 e. The van der Waals surface area contributed by atoms with Gasteiger partial charge in [0.15, 0.2) is 0 Å². The Morgan fingerprint density at radius 1 is 1.14 bits per heavy atom. The van der Waals surface area contributed by atoms with Crippen molar-refractivity contribution in [1.29, 1.82) is 0 Å². The molecule has 146 valence electrons. The predicted molar refractivity (Wildman–Crippen MR) is 100 cm³/mol. The van der Waals surface area contributed by atoms with Gasteiger partial charge in [0, 0.05) is 25.8 Å². The fraction of sp³-hybridized carbons (Fsp3) is 0.300. The van der Waals surface area contributed by atoms with E-state index in [4.69, 9.17) is 0 Å². The van der Waals surface area contributed by atoms with Crippen molar-refractivity contribution in [3.63, 3.8) is 0 Å². The second kappa shape index (κ2) is 8.60. The molecule has 1 N–H and O–H groups in total. The monoisotopic (exact) mass is 384 g/mol. The van der Waals surface area contributed by atoms with E-state index < -0.39 is 17.9 Å². The van der Waals surface area contributed by atoms with E-state index in [9.17, 15) is 18.8 Å². The molecule has 3 amide bonds. The minimum absolute atomic E-state index is 0.218. The molecule has 0 spiro atoms. The molecule has 0 radical (unpaired) electrons. The Kier molecular flexibility index (Phi) is 5.98. The zero-order valence-electron chi connectivity index (χ0n) is 15.5. The lowest BCUT2D eigenvalue weighted by Crippen LogP contribution is -2.59. The van der Waals surface area contributed by atoms with Crippen LogP contribution in [0, 0.1) is 5.82 Å². The number of carbonyl (C=O) groups excluding carboxylic acids is 3. The lowest BCUT2D eigenvalue weighted by atomic mass is 10.1. The summed E-state index contributed by atoms with van der Waals surface area (Å²) in [6.07, 6.45) is 1.93. The van der Waals surface area contributed by atoms with Crippen LogP contribution in [0.5, 0.6) is 0 Å². The molecule has 1 saturated heterocycles. The SMILES string of the molecule is CCC(C(=O)Nc1ccccn1)N1CCN(Cc2ccc(F)cc2)C(=O)C1=O. The molecular weight excluding hydrogens is 363 g/mol. The van der Waals surface area contributed by atoms with Gasteiger partial charge in [0.25, 0.3) is 0 Å². The number of piperazine rings is 1. The van der Waals surface area contributed by atoms with Crippen LogP contribution < -0.4 is 5.32 Å². The van der Waals surface area contributed by atoms with Crippen LogP contribution in [0.4, 0.5) is 10.2 Å². The number of amides is 3. The molecule has 1 fully saturated rings. The van der Waals surface area contributed by atoms with Gasteiger partial charge in [0.1, 0.15) is 17.7 Å². The van der Waals surface area contributed by atoms with Crippen molar-refractivity contribution < 1.29 is 18.8 Å². The summed E-state index contributed by atoms with van der Waals surface area (Å²) in [6.45, 7) is 2.55. The van der Waals surface area contributed by atoms with E-state index in [1.165, 1.54) is 21.9 Å². The fourth-order valence-corrected chi connectivity index (χ4v) is 3.14. The van der Waals surface area contributed by atoms with E-state index in [1.54, 1.807) is 43.5 Å². The van der Waals surface area contributed by atoms with Crippen LogP contribution in [-0.2, 0) is 20.9 Å². The summed E-state index contributed by atoms with van der Waals surface area (Å²) in [5, 5.41) is 2.68. The smallest absolute Gasteiger partial charge is 0.312 e. The zero-order chi connectivity index (χ0) is 20.1. The van der Waals surface area contributed by atoms with Crippen LogP contribution in [-0.4, -0.2) is 51.6 Å². The third kappa shape index (κ3) is 4.33. The zero-order valence-corrected chi connectivity index (χ0v) is 15.5. The van der Waals surface area contributed by atoms with Crippen LogP contribution >= 0.6 is 0 Å². The summed E-state index contributed by atoms with van der Waals surface area (Å²) in [4.78, 5) is 44.5. The van der Waals surface area contributed by atoms with Crippen molar-refractivity contribution in [1.82, 2.24) is 14.8 Å². The molecule has 7 nitrogen and oxygen atoms in total. The van der Waals surface area contributed by atoms with Crippen molar-refractivity contribution in [2.45, 2.75) is 25.9 Å². The van der Waals surface area contributed by atoms with Gasteiger partial charge < -0.3 is 15.1 Å². The minimum atomic E-state index is -0.758. The molecule has 2 aromatic rings. The van der Waals surface area contributed by atoms with Crippen molar-refractivity contribution in [2.75, 3.05) is 18.4 Å². The predicted octanol–water partition coefficient (Wildman–Crippen LogP) is 1.81. The van der Waals surface area contributed by atoms with Crippen LogP contribution in [0.25, 0.3) is 0 Å². The van der Waals surface area contributed by atoms with Gasteiger partial charge in [-0.25, -0.2) is 9.37 Å². The molecule has 1 unspecified atom stereocenters. The number of rotatable bonds is 6. The number of aromatic nitrogens is 1. The van der Waals surface area contributed by atoms with E-state index in [0.29, 0.717) is 18.8 Å². The van der Waals surface area contributed by atoms with E-state index >= 15 is 0 Å². The lowest BCUT2D eigenvalue weighted by Gasteiger charge is -2.37. The molecule has 2 heterocycles. The number of benzene rings is 1. The molecule has 1 aliphatic rings. The maximum Gasteiger partial charge on any atom is 0.312 e. The fourth-order valence-electron chi connectivity index (χ4n) is 3.14. The Morgan fingerprint density at radius 3 is 2.54 bits per heavy atom. The van der Waals surface area contributed by atoms with Gasteiger partial charge >= 0.3 is 11.8 Å². The van der Waals surface area contributed by atoms with Crippen molar-refractivity contribution in [3.05, 3.63) is 60.0 Å². The summed E-state index contributed by atoms with van der Waals surface area (Å²) in [5.41, 5.74) is 0.732. The summed E-state index contributed by atoms with van der Waals surface area (Å²) >= 11 is 0. The molecule has 0 aliphatic carbocycles. The highest BCUT2D eigenvalue weighted by Gasteiger charge is 2.38. The summed E-state index contributed by atoms with van der Waals surface area (Å²) < 4.78 is 13.0. The first-order valence-electron chi connectivity index (χ1n) is 9.05. The lowest BCUT2D eigenvalue weighted by molar-refractivity contribution is -0.159. The normalized spacial score (nSPS) is 15.5. The number of carbonyl (C=O) groups is 3. The number of hydrogen-bond donors (Lipinski definition) is 1. The number of halogens is 1. The Hall–Kier alpha value is -3.29. The second-order valence-electron chi connectivity index (χ2n) is 6.48. The standard InChI is InChI=1S/C20H21FN4O3/c1-2-16(18(26)23-17-5-3-4-10-22-17)25-12-11-24(19(27)20(25)28)13-14-6-8-15(21)9-7-14/h3-10,16H,2,11-13H2,1H3,(H,22,23,26). The molecule has 8 heteroatoms. The van der Waals surface area contributed by atoms with Gasteiger partial charge in [0.2, 0.25) is 5.91 Å². The van der Waals surface area contributed by atoms with Crippen LogP contribution in [0.3, 0.4) is 0 Å². The first-order chi connectivity index (χ1) is 13.5.